The Morgan fingerprint density at radius 2 is 1.11 bits per heavy atom. The molecule has 0 fully saturated rings. The number of hydrogen-bond donors (Lipinski definition) is 1. The molecule has 0 aromatic rings. The topological polar surface area (TPSA) is 54.4 Å². The average molecular weight is 314 g/mol. The molecule has 18 heavy (non-hydrogen) atoms. The van der Waals surface area contributed by atoms with Gasteiger partial charge in [-0.2, -0.15) is 43.5 Å². The SMILES string of the molecule is O=S(=O)(O)C(F)(CC(F)(F)C(F)(F)F)C(F)(F)F. The van der Waals surface area contributed by atoms with Crippen molar-refractivity contribution < 1.29 is 52.5 Å². The van der Waals surface area contributed by atoms with Crippen LogP contribution in [0.5, 0.6) is 0 Å². The maximum atomic E-state index is 12.9. The van der Waals surface area contributed by atoms with Gasteiger partial charge in [0.05, 0.1) is 6.42 Å². The zero-order chi connectivity index (χ0) is 15.2. The van der Waals surface area contributed by atoms with Gasteiger partial charge in [0.1, 0.15) is 0 Å². The zero-order valence-electron chi connectivity index (χ0n) is 7.78. The lowest BCUT2D eigenvalue weighted by molar-refractivity contribution is -0.305. The van der Waals surface area contributed by atoms with Crippen LogP contribution in [0.25, 0.3) is 0 Å². The summed E-state index contributed by atoms with van der Waals surface area (Å²) < 4.78 is 136. The largest absolute Gasteiger partial charge is 0.453 e. The van der Waals surface area contributed by atoms with E-state index in [2.05, 4.69) is 0 Å². The Morgan fingerprint density at radius 1 is 0.778 bits per heavy atom. The fourth-order valence-corrected chi connectivity index (χ4v) is 1.38. The van der Waals surface area contributed by atoms with E-state index < -0.39 is 39.8 Å². The normalized spacial score (nSPS) is 18.6. The van der Waals surface area contributed by atoms with Crippen molar-refractivity contribution in [2.75, 3.05) is 0 Å². The van der Waals surface area contributed by atoms with E-state index >= 15 is 0 Å². The number of hydrogen-bond acceptors (Lipinski definition) is 2. The van der Waals surface area contributed by atoms with E-state index in [4.69, 9.17) is 4.55 Å². The number of alkyl halides is 9. The average Bonchev–Trinajstić information content (AvgIpc) is 1.95. The van der Waals surface area contributed by atoms with Crippen molar-refractivity contribution >= 4 is 10.1 Å². The highest BCUT2D eigenvalue weighted by Crippen LogP contribution is 2.49. The van der Waals surface area contributed by atoms with Gasteiger partial charge in [0.25, 0.3) is 0 Å². The van der Waals surface area contributed by atoms with Crippen LogP contribution in [0, 0.1) is 0 Å². The van der Waals surface area contributed by atoms with E-state index in [9.17, 15) is 47.9 Å². The molecule has 0 bridgehead atoms. The van der Waals surface area contributed by atoms with Gasteiger partial charge < -0.3 is 0 Å². The van der Waals surface area contributed by atoms with Crippen LogP contribution in [0.3, 0.4) is 0 Å². The highest BCUT2D eigenvalue weighted by molar-refractivity contribution is 7.87. The monoisotopic (exact) mass is 314 g/mol. The third-order valence-electron chi connectivity index (χ3n) is 1.70. The van der Waals surface area contributed by atoms with E-state index in [-0.39, 0.29) is 0 Å². The Bertz CT molecular complexity index is 407. The van der Waals surface area contributed by atoms with Crippen LogP contribution in [0.4, 0.5) is 39.5 Å². The highest BCUT2D eigenvalue weighted by atomic mass is 32.2. The van der Waals surface area contributed by atoms with Crippen molar-refractivity contribution in [2.45, 2.75) is 29.7 Å². The molecule has 3 nitrogen and oxygen atoms in total. The molecule has 1 N–H and O–H groups in total. The molecule has 0 radical (unpaired) electrons. The van der Waals surface area contributed by atoms with Crippen LogP contribution in [0.1, 0.15) is 6.42 Å². The maximum absolute atomic E-state index is 12.9. The van der Waals surface area contributed by atoms with Gasteiger partial charge in [0.2, 0.25) is 0 Å². The summed E-state index contributed by atoms with van der Waals surface area (Å²) in [5, 5.41) is -6.13. The molecule has 0 aliphatic rings. The van der Waals surface area contributed by atoms with Crippen LogP contribution in [0.15, 0.2) is 0 Å². The number of halogens is 9. The summed E-state index contributed by atoms with van der Waals surface area (Å²) in [5.74, 6) is -6.30. The van der Waals surface area contributed by atoms with Crippen molar-refractivity contribution in [1.29, 1.82) is 0 Å². The fourth-order valence-electron chi connectivity index (χ4n) is 0.723. The predicted molar refractivity (Wildman–Crippen MR) is 37.1 cm³/mol. The van der Waals surface area contributed by atoms with E-state index in [1.54, 1.807) is 0 Å². The summed E-state index contributed by atoms with van der Waals surface area (Å²) in [5.41, 5.74) is 0. The Balaban J connectivity index is 5.74. The van der Waals surface area contributed by atoms with Crippen molar-refractivity contribution in [2.24, 2.45) is 0 Å². The molecule has 0 rings (SSSR count). The first-order chi connectivity index (χ1) is 7.46. The molecular formula is C5H3F9O3S. The molecule has 0 aromatic carbocycles. The fraction of sp³-hybridized carbons (Fsp3) is 1.00. The molecule has 0 spiro atoms. The minimum atomic E-state index is -6.89. The molecule has 110 valence electrons. The van der Waals surface area contributed by atoms with E-state index in [1.165, 1.54) is 0 Å². The van der Waals surface area contributed by atoms with Gasteiger partial charge in [0, 0.05) is 0 Å². The van der Waals surface area contributed by atoms with Crippen molar-refractivity contribution in [1.82, 2.24) is 0 Å². The molecule has 0 saturated carbocycles. The lowest BCUT2D eigenvalue weighted by Gasteiger charge is -2.29. The molecule has 0 amide bonds. The molecule has 13 heteroatoms. The van der Waals surface area contributed by atoms with E-state index in [0.29, 0.717) is 0 Å². The summed E-state index contributed by atoms with van der Waals surface area (Å²) in [6.07, 6.45) is -17.1. The van der Waals surface area contributed by atoms with Crippen molar-refractivity contribution in [3.8, 4) is 0 Å². The third-order valence-corrected chi connectivity index (χ3v) is 2.89. The predicted octanol–water partition coefficient (Wildman–Crippen LogP) is 2.69. The van der Waals surface area contributed by atoms with Gasteiger partial charge in [-0.05, 0) is 0 Å². The summed E-state index contributed by atoms with van der Waals surface area (Å²) in [7, 11) is -6.89. The minimum Gasteiger partial charge on any atom is -0.283 e. The highest BCUT2D eigenvalue weighted by Gasteiger charge is 2.73. The second-order valence-corrected chi connectivity index (χ2v) is 4.68. The van der Waals surface area contributed by atoms with Crippen LogP contribution < -0.4 is 0 Å². The zero-order valence-corrected chi connectivity index (χ0v) is 8.60. The van der Waals surface area contributed by atoms with Gasteiger partial charge in [0.15, 0.2) is 0 Å². The molecule has 1 unspecified atom stereocenters. The van der Waals surface area contributed by atoms with E-state index in [0.717, 1.165) is 0 Å². The van der Waals surface area contributed by atoms with Crippen molar-refractivity contribution in [3.05, 3.63) is 0 Å². The van der Waals surface area contributed by atoms with Gasteiger partial charge in [-0.1, -0.05) is 0 Å². The number of rotatable bonds is 3. The first kappa shape index (κ1) is 17.3. The van der Waals surface area contributed by atoms with Gasteiger partial charge in [-0.25, -0.2) is 4.39 Å². The Morgan fingerprint density at radius 3 is 1.28 bits per heavy atom. The van der Waals surface area contributed by atoms with Gasteiger partial charge in [-0.3, -0.25) is 4.55 Å². The summed E-state index contributed by atoms with van der Waals surface area (Å²) in [6.45, 7) is 0. The maximum Gasteiger partial charge on any atom is 0.453 e. The first-order valence-electron chi connectivity index (χ1n) is 3.63. The molecular weight excluding hydrogens is 311 g/mol. The van der Waals surface area contributed by atoms with Crippen LogP contribution >= 0.6 is 0 Å². The van der Waals surface area contributed by atoms with E-state index in [1.807, 2.05) is 0 Å². The Hall–Kier alpha value is -0.720. The molecule has 0 aliphatic carbocycles. The summed E-state index contributed by atoms with van der Waals surface area (Å²) in [4.78, 5) is 0. The second kappa shape index (κ2) is 4.15. The molecule has 0 saturated heterocycles. The first-order valence-corrected chi connectivity index (χ1v) is 5.07. The Labute approximate surface area is 93.3 Å². The molecule has 0 aromatic heterocycles. The third kappa shape index (κ3) is 2.99. The minimum absolute atomic E-state index is 3.83. The van der Waals surface area contributed by atoms with Gasteiger partial charge >= 0.3 is 33.4 Å². The van der Waals surface area contributed by atoms with Crippen molar-refractivity contribution in [3.63, 3.8) is 0 Å². The molecule has 0 aliphatic heterocycles. The van der Waals surface area contributed by atoms with Crippen LogP contribution in [-0.2, 0) is 10.1 Å². The standard InChI is InChI=1S/C5H3F9O3S/c6-2(7,4(9,10)11)1-3(8,5(12,13)14)18(15,16)17/h1H2,(H,15,16,17). The Kier molecular flexibility index (Phi) is 3.98. The summed E-state index contributed by atoms with van der Waals surface area (Å²) in [6, 6.07) is 0. The lowest BCUT2D eigenvalue weighted by atomic mass is 10.1. The van der Waals surface area contributed by atoms with Gasteiger partial charge in [-0.15, -0.1) is 0 Å². The quantitative estimate of drug-likeness (QED) is 0.644. The smallest absolute Gasteiger partial charge is 0.283 e. The van der Waals surface area contributed by atoms with Crippen LogP contribution in [0.2, 0.25) is 0 Å². The lowest BCUT2D eigenvalue weighted by Crippen LogP contribution is -2.54. The second-order valence-electron chi connectivity index (χ2n) is 3.08. The van der Waals surface area contributed by atoms with Crippen LogP contribution in [-0.4, -0.2) is 36.2 Å². The molecule has 0 heterocycles. The molecule has 1 atom stereocenters. The summed E-state index contributed by atoms with van der Waals surface area (Å²) >= 11 is 0.